The van der Waals surface area contributed by atoms with Gasteiger partial charge in [-0.2, -0.15) is 0 Å². The van der Waals surface area contributed by atoms with E-state index in [1.54, 1.807) is 48.5 Å². The van der Waals surface area contributed by atoms with Crippen LogP contribution in [0.1, 0.15) is 39.2 Å². The van der Waals surface area contributed by atoms with E-state index in [-0.39, 0.29) is 17.5 Å². The van der Waals surface area contributed by atoms with Crippen molar-refractivity contribution in [1.82, 2.24) is 10.3 Å². The Morgan fingerprint density at radius 2 is 1.54 bits per heavy atom. The third kappa shape index (κ3) is 5.88. The van der Waals surface area contributed by atoms with E-state index in [0.29, 0.717) is 37.3 Å². The van der Waals surface area contributed by atoms with Crippen LogP contribution in [0.5, 0.6) is 0 Å². The lowest BCUT2D eigenvalue weighted by atomic mass is 9.96. The van der Waals surface area contributed by atoms with Gasteiger partial charge in [0, 0.05) is 22.1 Å². The molecule has 39 heavy (non-hydrogen) atoms. The zero-order chi connectivity index (χ0) is 27.5. The third-order valence-corrected chi connectivity index (χ3v) is 7.95. The summed E-state index contributed by atoms with van der Waals surface area (Å²) in [6.45, 7) is 1.93. The Labute approximate surface area is 239 Å². The zero-order valence-electron chi connectivity index (χ0n) is 20.7. The summed E-state index contributed by atoms with van der Waals surface area (Å²) in [5.74, 6) is -1.25. The normalized spacial score (nSPS) is 11.7. The van der Waals surface area contributed by atoms with E-state index in [9.17, 15) is 14.7 Å². The fourth-order valence-electron chi connectivity index (χ4n) is 4.21. The third-order valence-electron chi connectivity index (χ3n) is 6.32. The molecule has 0 spiro atoms. The lowest BCUT2D eigenvalue weighted by molar-refractivity contribution is 0.0697. The van der Waals surface area contributed by atoms with Crippen LogP contribution in [0.4, 0.5) is 0 Å². The second-order valence-electron chi connectivity index (χ2n) is 8.92. The molecule has 0 fully saturated rings. The van der Waals surface area contributed by atoms with Gasteiger partial charge < -0.3 is 10.4 Å². The maximum atomic E-state index is 12.8. The Kier molecular flexibility index (Phi) is 7.79. The summed E-state index contributed by atoms with van der Waals surface area (Å²) in [7, 11) is 0. The Morgan fingerprint density at radius 3 is 2.23 bits per heavy atom. The molecule has 4 aromatic carbocycles. The number of carbonyl (C=O) groups is 2. The lowest BCUT2D eigenvalue weighted by Crippen LogP contribution is -2.26. The van der Waals surface area contributed by atoms with Crippen molar-refractivity contribution in [3.05, 3.63) is 123 Å². The average molecular weight is 574 g/mol. The number of nitrogens with zero attached hydrogens (tertiary/aromatic N) is 1. The van der Waals surface area contributed by atoms with Crippen molar-refractivity contribution >= 4 is 46.4 Å². The van der Waals surface area contributed by atoms with E-state index in [1.165, 1.54) is 11.3 Å². The molecule has 0 aliphatic carbocycles. The summed E-state index contributed by atoms with van der Waals surface area (Å²) in [5.41, 5.74) is 5.14. The summed E-state index contributed by atoms with van der Waals surface area (Å²) in [5, 5.41) is 16.5. The molecule has 0 saturated heterocycles. The van der Waals surface area contributed by atoms with Gasteiger partial charge >= 0.3 is 5.97 Å². The van der Waals surface area contributed by atoms with Crippen LogP contribution in [0.15, 0.2) is 96.4 Å². The summed E-state index contributed by atoms with van der Waals surface area (Å²) < 4.78 is 0. The van der Waals surface area contributed by atoms with Gasteiger partial charge in [0.2, 0.25) is 0 Å². The van der Waals surface area contributed by atoms with Gasteiger partial charge in [-0.05, 0) is 53.9 Å². The standard InChI is InChI=1S/C31H22Cl2N2O3S/c1-18(19-5-3-2-4-6-19)34-29(36)21-9-7-20(8-10-21)24-13-11-23(15-25(24)31(37)38)30-35-28(17-39-30)22-12-14-26(32)27(33)16-22/h2-18H,1H3,(H,34,36)(H,37,38). The molecule has 0 saturated carbocycles. The SMILES string of the molecule is CC(NC(=O)c1ccc(-c2ccc(-c3nc(-c4ccc(Cl)c(Cl)c4)cs3)cc2C(=O)O)cc1)c1ccccc1. The molecule has 1 amide bonds. The number of nitrogens with one attached hydrogen (secondary N) is 1. The number of aromatic carboxylic acids is 1. The zero-order valence-corrected chi connectivity index (χ0v) is 23.0. The second kappa shape index (κ2) is 11.4. The van der Waals surface area contributed by atoms with Crippen LogP contribution >= 0.6 is 34.5 Å². The van der Waals surface area contributed by atoms with Gasteiger partial charge in [-0.1, -0.05) is 83.9 Å². The minimum Gasteiger partial charge on any atom is -0.478 e. The molecule has 0 radical (unpaired) electrons. The predicted molar refractivity (Wildman–Crippen MR) is 158 cm³/mol. The number of halogens is 2. The van der Waals surface area contributed by atoms with Crippen LogP contribution in [-0.4, -0.2) is 22.0 Å². The number of hydrogen-bond acceptors (Lipinski definition) is 4. The highest BCUT2D eigenvalue weighted by Crippen LogP contribution is 2.34. The highest BCUT2D eigenvalue weighted by Gasteiger charge is 2.17. The van der Waals surface area contributed by atoms with Gasteiger partial charge in [0.25, 0.3) is 5.91 Å². The first-order valence-electron chi connectivity index (χ1n) is 12.0. The summed E-state index contributed by atoms with van der Waals surface area (Å²) >= 11 is 13.6. The van der Waals surface area contributed by atoms with E-state index in [2.05, 4.69) is 10.3 Å². The highest BCUT2D eigenvalue weighted by molar-refractivity contribution is 7.13. The molecule has 1 atom stereocenters. The van der Waals surface area contributed by atoms with Crippen molar-refractivity contribution < 1.29 is 14.7 Å². The monoisotopic (exact) mass is 572 g/mol. The van der Waals surface area contributed by atoms with Gasteiger partial charge in [-0.15, -0.1) is 11.3 Å². The van der Waals surface area contributed by atoms with E-state index < -0.39 is 5.97 Å². The Bertz CT molecular complexity index is 1670. The highest BCUT2D eigenvalue weighted by atomic mass is 35.5. The van der Waals surface area contributed by atoms with Crippen molar-refractivity contribution in [3.8, 4) is 33.0 Å². The first kappa shape index (κ1) is 26.6. The van der Waals surface area contributed by atoms with E-state index in [1.807, 2.05) is 54.8 Å². The molecule has 1 heterocycles. The number of carboxylic acids is 1. The van der Waals surface area contributed by atoms with Crippen molar-refractivity contribution in [2.75, 3.05) is 0 Å². The largest absolute Gasteiger partial charge is 0.478 e. The molecule has 5 aromatic rings. The Balaban J connectivity index is 1.37. The molecule has 1 unspecified atom stereocenters. The maximum Gasteiger partial charge on any atom is 0.336 e. The molecule has 0 aliphatic rings. The summed E-state index contributed by atoms with van der Waals surface area (Å²) in [4.78, 5) is 29.6. The number of amides is 1. The molecule has 2 N–H and O–H groups in total. The molecular weight excluding hydrogens is 551 g/mol. The van der Waals surface area contributed by atoms with Gasteiger partial charge in [-0.3, -0.25) is 4.79 Å². The molecular formula is C31H22Cl2N2O3S. The fraction of sp³-hybridized carbons (Fsp3) is 0.0645. The van der Waals surface area contributed by atoms with Gasteiger partial charge in [0.15, 0.2) is 0 Å². The molecule has 0 bridgehead atoms. The van der Waals surface area contributed by atoms with E-state index in [4.69, 9.17) is 23.2 Å². The maximum absolute atomic E-state index is 12.8. The minimum absolute atomic E-state index is 0.146. The minimum atomic E-state index is -1.05. The van der Waals surface area contributed by atoms with Crippen LogP contribution < -0.4 is 5.32 Å². The number of aromatic nitrogens is 1. The van der Waals surface area contributed by atoms with Crippen molar-refractivity contribution in [1.29, 1.82) is 0 Å². The number of carbonyl (C=O) groups excluding carboxylic acids is 1. The smallest absolute Gasteiger partial charge is 0.336 e. The van der Waals surface area contributed by atoms with Crippen molar-refractivity contribution in [2.24, 2.45) is 0 Å². The van der Waals surface area contributed by atoms with Crippen molar-refractivity contribution in [2.45, 2.75) is 13.0 Å². The number of hydrogen-bond donors (Lipinski definition) is 2. The Hall–Kier alpha value is -3.97. The van der Waals surface area contributed by atoms with Crippen LogP contribution in [0, 0.1) is 0 Å². The topological polar surface area (TPSA) is 79.3 Å². The summed E-state index contributed by atoms with van der Waals surface area (Å²) in [6, 6.07) is 27.0. The molecule has 1 aromatic heterocycles. The van der Waals surface area contributed by atoms with Crippen LogP contribution in [0.2, 0.25) is 10.0 Å². The van der Waals surface area contributed by atoms with Crippen molar-refractivity contribution in [3.63, 3.8) is 0 Å². The summed E-state index contributed by atoms with van der Waals surface area (Å²) in [6.07, 6.45) is 0. The molecule has 5 nitrogen and oxygen atoms in total. The van der Waals surface area contributed by atoms with Crippen LogP contribution in [0.3, 0.4) is 0 Å². The number of carboxylic acid groups (broad SMARTS) is 1. The molecule has 5 rings (SSSR count). The molecule has 0 aliphatic heterocycles. The first-order chi connectivity index (χ1) is 18.8. The van der Waals surface area contributed by atoms with Gasteiger partial charge in [0.05, 0.1) is 27.3 Å². The second-order valence-corrected chi connectivity index (χ2v) is 10.6. The van der Waals surface area contributed by atoms with E-state index in [0.717, 1.165) is 16.8 Å². The van der Waals surface area contributed by atoms with Gasteiger partial charge in [-0.25, -0.2) is 9.78 Å². The molecule has 194 valence electrons. The fourth-order valence-corrected chi connectivity index (χ4v) is 5.33. The van der Waals surface area contributed by atoms with Gasteiger partial charge in [0.1, 0.15) is 5.01 Å². The van der Waals surface area contributed by atoms with Crippen LogP contribution in [0.25, 0.3) is 33.0 Å². The van der Waals surface area contributed by atoms with Crippen LogP contribution in [-0.2, 0) is 0 Å². The quantitative estimate of drug-likeness (QED) is 0.204. The number of benzene rings is 4. The predicted octanol–water partition coefficient (Wildman–Crippen LogP) is 8.64. The number of thiazole rings is 1. The average Bonchev–Trinajstić information content (AvgIpc) is 3.45. The lowest BCUT2D eigenvalue weighted by Gasteiger charge is -2.14. The first-order valence-corrected chi connectivity index (χ1v) is 13.7. The van der Waals surface area contributed by atoms with E-state index >= 15 is 0 Å². The molecule has 8 heteroatoms. The number of rotatable bonds is 7. The Morgan fingerprint density at radius 1 is 0.846 bits per heavy atom.